The predicted molar refractivity (Wildman–Crippen MR) is 76.0 cm³/mol. The largest absolute Gasteiger partial charge is 0.468 e. The highest BCUT2D eigenvalue weighted by molar-refractivity contribution is 9.10. The zero-order chi connectivity index (χ0) is 14.2. The van der Waals surface area contributed by atoms with E-state index in [0.717, 1.165) is 15.7 Å². The van der Waals surface area contributed by atoms with Gasteiger partial charge in [0.1, 0.15) is 5.41 Å². The van der Waals surface area contributed by atoms with Crippen LogP contribution in [0.3, 0.4) is 0 Å². The Labute approximate surface area is 120 Å². The molecule has 0 spiro atoms. The van der Waals surface area contributed by atoms with Crippen molar-refractivity contribution in [2.75, 3.05) is 19.1 Å². The molecule has 1 saturated carbocycles. The van der Waals surface area contributed by atoms with Crippen LogP contribution in [0.1, 0.15) is 18.4 Å². The van der Waals surface area contributed by atoms with E-state index < -0.39 is 11.4 Å². The number of hydrogen-bond donors (Lipinski definition) is 0. The van der Waals surface area contributed by atoms with E-state index in [1.807, 2.05) is 25.1 Å². The Bertz CT molecular complexity index is 537. The lowest BCUT2D eigenvalue weighted by atomic mass is 10.0. The number of hydrogen-bond acceptors (Lipinski definition) is 3. The standard InChI is InChI=1S/C14H16BrNO3/c1-9-4-5-10(15)8-11(9)16(2)12(17)14(6-7-14)13(18)19-3/h4-5,8H,6-7H2,1-3H3. The maximum atomic E-state index is 12.5. The number of methoxy groups -OCH3 is 1. The molecular formula is C14H16BrNO3. The molecule has 4 nitrogen and oxygen atoms in total. The first-order valence-electron chi connectivity index (χ1n) is 6.05. The Balaban J connectivity index is 2.29. The molecule has 19 heavy (non-hydrogen) atoms. The molecular weight excluding hydrogens is 310 g/mol. The number of carbonyl (C=O) groups is 2. The van der Waals surface area contributed by atoms with Crippen molar-refractivity contribution in [3.05, 3.63) is 28.2 Å². The molecule has 0 unspecified atom stereocenters. The highest BCUT2D eigenvalue weighted by Crippen LogP contribution is 2.48. The van der Waals surface area contributed by atoms with Gasteiger partial charge in [-0.3, -0.25) is 9.59 Å². The van der Waals surface area contributed by atoms with E-state index >= 15 is 0 Å². The fourth-order valence-corrected chi connectivity index (χ4v) is 2.55. The molecule has 0 aromatic heterocycles. The van der Waals surface area contributed by atoms with Crippen molar-refractivity contribution in [3.8, 4) is 0 Å². The first kappa shape index (κ1) is 14.1. The van der Waals surface area contributed by atoms with E-state index in [2.05, 4.69) is 15.9 Å². The van der Waals surface area contributed by atoms with Crippen LogP contribution in [0.15, 0.2) is 22.7 Å². The lowest BCUT2D eigenvalue weighted by molar-refractivity contribution is -0.151. The third-order valence-corrected chi connectivity index (χ3v) is 4.07. The topological polar surface area (TPSA) is 46.6 Å². The summed E-state index contributed by atoms with van der Waals surface area (Å²) in [6, 6.07) is 5.73. The molecule has 102 valence electrons. The normalized spacial score (nSPS) is 15.8. The van der Waals surface area contributed by atoms with Crippen LogP contribution in [-0.4, -0.2) is 26.0 Å². The molecule has 0 heterocycles. The number of rotatable bonds is 3. The second-order valence-corrected chi connectivity index (χ2v) is 5.78. The molecule has 0 atom stereocenters. The van der Waals surface area contributed by atoms with Crippen LogP contribution in [0.4, 0.5) is 5.69 Å². The molecule has 5 heteroatoms. The number of benzene rings is 1. The summed E-state index contributed by atoms with van der Waals surface area (Å²) in [5, 5.41) is 0. The third kappa shape index (κ3) is 2.39. The molecule has 1 aliphatic carbocycles. The average Bonchev–Trinajstić information content (AvgIpc) is 3.20. The van der Waals surface area contributed by atoms with Gasteiger partial charge < -0.3 is 9.64 Å². The third-order valence-electron chi connectivity index (χ3n) is 3.57. The van der Waals surface area contributed by atoms with Crippen LogP contribution >= 0.6 is 15.9 Å². The van der Waals surface area contributed by atoms with E-state index in [9.17, 15) is 9.59 Å². The van der Waals surface area contributed by atoms with Gasteiger partial charge in [0.05, 0.1) is 7.11 Å². The van der Waals surface area contributed by atoms with Gasteiger partial charge in [0.2, 0.25) is 5.91 Å². The highest BCUT2D eigenvalue weighted by Gasteiger charge is 2.59. The lowest BCUT2D eigenvalue weighted by Crippen LogP contribution is -2.39. The molecule has 0 aliphatic heterocycles. The summed E-state index contributed by atoms with van der Waals surface area (Å²) < 4.78 is 5.64. The number of anilines is 1. The van der Waals surface area contributed by atoms with Gasteiger partial charge in [-0.05, 0) is 37.5 Å². The Morgan fingerprint density at radius 3 is 2.53 bits per heavy atom. The predicted octanol–water partition coefficient (Wildman–Crippen LogP) is 2.67. The van der Waals surface area contributed by atoms with Crippen LogP contribution in [0.25, 0.3) is 0 Å². The van der Waals surface area contributed by atoms with Crippen molar-refractivity contribution in [1.29, 1.82) is 0 Å². The molecule has 1 aromatic carbocycles. The Morgan fingerprint density at radius 2 is 2.00 bits per heavy atom. The molecule has 1 aromatic rings. The van der Waals surface area contributed by atoms with Gasteiger partial charge in [0.25, 0.3) is 0 Å². The summed E-state index contributed by atoms with van der Waals surface area (Å²) in [5.74, 6) is -0.627. The van der Waals surface area contributed by atoms with Gasteiger partial charge >= 0.3 is 5.97 Å². The molecule has 0 N–H and O–H groups in total. The number of carbonyl (C=O) groups excluding carboxylic acids is 2. The number of ether oxygens (including phenoxy) is 1. The second-order valence-electron chi connectivity index (χ2n) is 4.87. The summed E-state index contributed by atoms with van der Waals surface area (Å²) in [6.07, 6.45) is 1.13. The van der Waals surface area contributed by atoms with Crippen LogP contribution < -0.4 is 4.90 Å². The minimum atomic E-state index is -0.960. The molecule has 1 amide bonds. The summed E-state index contributed by atoms with van der Waals surface area (Å²) in [4.78, 5) is 25.8. The molecule has 1 aliphatic rings. The monoisotopic (exact) mass is 325 g/mol. The van der Waals surface area contributed by atoms with Crippen LogP contribution in [0, 0.1) is 12.3 Å². The van der Waals surface area contributed by atoms with Crippen molar-refractivity contribution in [2.45, 2.75) is 19.8 Å². The first-order valence-corrected chi connectivity index (χ1v) is 6.84. The fraction of sp³-hybridized carbons (Fsp3) is 0.429. The van der Waals surface area contributed by atoms with Gasteiger partial charge in [-0.15, -0.1) is 0 Å². The first-order chi connectivity index (χ1) is 8.92. The van der Waals surface area contributed by atoms with Gasteiger partial charge in [0.15, 0.2) is 0 Å². The summed E-state index contributed by atoms with van der Waals surface area (Å²) in [6.45, 7) is 1.93. The molecule has 0 saturated heterocycles. The summed E-state index contributed by atoms with van der Waals surface area (Å²) >= 11 is 3.39. The Kier molecular flexibility index (Phi) is 3.67. The maximum absolute atomic E-state index is 12.5. The highest BCUT2D eigenvalue weighted by atomic mass is 79.9. The molecule has 0 bridgehead atoms. The van der Waals surface area contributed by atoms with Gasteiger partial charge in [-0.2, -0.15) is 0 Å². The van der Waals surface area contributed by atoms with Crippen LogP contribution in [0.2, 0.25) is 0 Å². The minimum absolute atomic E-state index is 0.194. The SMILES string of the molecule is COC(=O)C1(C(=O)N(C)c2cc(Br)ccc2C)CC1. The molecule has 2 rings (SSSR count). The van der Waals surface area contributed by atoms with Crippen molar-refractivity contribution >= 4 is 33.5 Å². The quantitative estimate of drug-likeness (QED) is 0.634. The lowest BCUT2D eigenvalue weighted by Gasteiger charge is -2.23. The van der Waals surface area contributed by atoms with Crippen molar-refractivity contribution in [1.82, 2.24) is 0 Å². The second kappa shape index (κ2) is 4.96. The molecule has 1 fully saturated rings. The van der Waals surface area contributed by atoms with Crippen LogP contribution in [-0.2, 0) is 14.3 Å². The Morgan fingerprint density at radius 1 is 1.37 bits per heavy atom. The van der Waals surface area contributed by atoms with E-state index in [4.69, 9.17) is 4.74 Å². The number of esters is 1. The minimum Gasteiger partial charge on any atom is -0.468 e. The van der Waals surface area contributed by atoms with Crippen LogP contribution in [0.5, 0.6) is 0 Å². The number of amides is 1. The van der Waals surface area contributed by atoms with E-state index in [1.54, 1.807) is 11.9 Å². The van der Waals surface area contributed by atoms with Crippen molar-refractivity contribution in [3.63, 3.8) is 0 Å². The van der Waals surface area contributed by atoms with Crippen molar-refractivity contribution < 1.29 is 14.3 Å². The Hall–Kier alpha value is -1.36. The maximum Gasteiger partial charge on any atom is 0.321 e. The summed E-state index contributed by atoms with van der Waals surface area (Å²) in [7, 11) is 3.01. The zero-order valence-corrected chi connectivity index (χ0v) is 12.8. The number of nitrogens with zero attached hydrogens (tertiary/aromatic N) is 1. The number of aryl methyl sites for hydroxylation is 1. The van der Waals surface area contributed by atoms with E-state index in [0.29, 0.717) is 12.8 Å². The van der Waals surface area contributed by atoms with Crippen molar-refractivity contribution in [2.24, 2.45) is 5.41 Å². The van der Waals surface area contributed by atoms with Gasteiger partial charge in [-0.1, -0.05) is 22.0 Å². The van der Waals surface area contributed by atoms with E-state index in [-0.39, 0.29) is 5.91 Å². The zero-order valence-electron chi connectivity index (χ0n) is 11.2. The number of halogens is 1. The average molecular weight is 326 g/mol. The smallest absolute Gasteiger partial charge is 0.321 e. The fourth-order valence-electron chi connectivity index (χ4n) is 2.20. The van der Waals surface area contributed by atoms with Gasteiger partial charge in [-0.25, -0.2) is 0 Å². The summed E-state index contributed by atoms with van der Waals surface area (Å²) in [5.41, 5.74) is 0.826. The van der Waals surface area contributed by atoms with E-state index in [1.165, 1.54) is 7.11 Å². The molecule has 0 radical (unpaired) electrons. The van der Waals surface area contributed by atoms with Gasteiger partial charge in [0, 0.05) is 17.2 Å².